The Morgan fingerprint density at radius 3 is 2.48 bits per heavy atom. The monoisotopic (exact) mass is 458 g/mol. The fourth-order valence-electron chi connectivity index (χ4n) is 3.38. The molecule has 0 aliphatic heterocycles. The number of rotatable bonds is 5. The number of carbonyl (C=O) groups is 1. The van der Waals surface area contributed by atoms with Crippen LogP contribution in [-0.2, 0) is 10.0 Å². The van der Waals surface area contributed by atoms with E-state index in [1.807, 2.05) is 6.92 Å². The van der Waals surface area contributed by atoms with Gasteiger partial charge in [0.25, 0.3) is 5.91 Å². The Kier molecular flexibility index (Phi) is 6.83. The Balaban J connectivity index is 1.83. The van der Waals surface area contributed by atoms with E-state index in [0.29, 0.717) is 10.7 Å². The first kappa shape index (κ1) is 22.0. The molecule has 2 N–H and O–H groups in total. The van der Waals surface area contributed by atoms with Crippen LogP contribution in [-0.4, -0.2) is 20.4 Å². The van der Waals surface area contributed by atoms with Gasteiger partial charge in [-0.2, -0.15) is 0 Å². The van der Waals surface area contributed by atoms with Crippen molar-refractivity contribution in [1.82, 2.24) is 4.72 Å². The van der Waals surface area contributed by atoms with E-state index in [1.165, 1.54) is 18.2 Å². The molecule has 2 aromatic carbocycles. The zero-order valence-corrected chi connectivity index (χ0v) is 18.0. The first-order chi connectivity index (χ1) is 13.7. The van der Waals surface area contributed by atoms with Gasteiger partial charge in [-0.15, -0.1) is 0 Å². The molecule has 1 aliphatic carbocycles. The lowest BCUT2D eigenvalue weighted by molar-refractivity contribution is 0.102. The van der Waals surface area contributed by atoms with Crippen molar-refractivity contribution >= 4 is 44.8 Å². The van der Waals surface area contributed by atoms with E-state index >= 15 is 0 Å². The van der Waals surface area contributed by atoms with E-state index in [1.54, 1.807) is 0 Å². The summed E-state index contributed by atoms with van der Waals surface area (Å²) in [5.41, 5.74) is -0.0677. The van der Waals surface area contributed by atoms with E-state index in [-0.39, 0.29) is 27.4 Å². The Morgan fingerprint density at radius 1 is 1.07 bits per heavy atom. The summed E-state index contributed by atoms with van der Waals surface area (Å²) in [4.78, 5) is 12.4. The maximum absolute atomic E-state index is 14.3. The number of halogens is 3. The number of sulfonamides is 1. The normalized spacial score (nSPS) is 19.7. The molecule has 3 rings (SSSR count). The van der Waals surface area contributed by atoms with Crippen LogP contribution in [0.25, 0.3) is 0 Å². The summed E-state index contributed by atoms with van der Waals surface area (Å²) in [5, 5.41) is 3.04. The minimum absolute atomic E-state index is 0.157. The van der Waals surface area contributed by atoms with Crippen molar-refractivity contribution in [2.45, 2.75) is 43.5 Å². The summed E-state index contributed by atoms with van der Waals surface area (Å²) >= 11 is 11.8. The fourth-order valence-corrected chi connectivity index (χ4v) is 5.08. The first-order valence-electron chi connectivity index (χ1n) is 9.25. The highest BCUT2D eigenvalue weighted by Crippen LogP contribution is 2.27. The van der Waals surface area contributed by atoms with E-state index in [9.17, 15) is 17.6 Å². The van der Waals surface area contributed by atoms with Crippen LogP contribution in [0.4, 0.5) is 10.1 Å². The number of benzene rings is 2. The molecule has 1 fully saturated rings. The van der Waals surface area contributed by atoms with Crippen LogP contribution in [0.15, 0.2) is 41.3 Å². The molecular weight excluding hydrogens is 438 g/mol. The predicted octanol–water partition coefficient (Wildman–Crippen LogP) is 5.24. The highest BCUT2D eigenvalue weighted by molar-refractivity contribution is 7.89. The first-order valence-corrected chi connectivity index (χ1v) is 11.5. The van der Waals surface area contributed by atoms with Gasteiger partial charge in [-0.3, -0.25) is 4.79 Å². The number of anilines is 1. The van der Waals surface area contributed by atoms with Crippen molar-refractivity contribution < 1.29 is 17.6 Å². The largest absolute Gasteiger partial charge is 0.322 e. The summed E-state index contributed by atoms with van der Waals surface area (Å²) in [5.74, 6) is -1.40. The lowest BCUT2D eigenvalue weighted by Crippen LogP contribution is -2.41. The lowest BCUT2D eigenvalue weighted by Gasteiger charge is -2.29. The summed E-state index contributed by atoms with van der Waals surface area (Å²) < 4.78 is 42.5. The van der Waals surface area contributed by atoms with Gasteiger partial charge in [0, 0.05) is 11.7 Å². The SMILES string of the molecule is C[C@H]1CCCC[C@@H]1NS(=O)(=O)c1ccc(F)c(C(=O)Nc2ccc(Cl)c(Cl)c2)c1. The van der Waals surface area contributed by atoms with E-state index in [4.69, 9.17) is 23.2 Å². The second kappa shape index (κ2) is 9.00. The molecule has 0 saturated heterocycles. The highest BCUT2D eigenvalue weighted by atomic mass is 35.5. The molecule has 2 aromatic rings. The Hall–Kier alpha value is -1.67. The minimum atomic E-state index is -3.89. The van der Waals surface area contributed by atoms with Gasteiger partial charge < -0.3 is 5.32 Å². The maximum Gasteiger partial charge on any atom is 0.258 e. The maximum atomic E-state index is 14.3. The molecule has 5 nitrogen and oxygen atoms in total. The summed E-state index contributed by atoms with van der Waals surface area (Å²) in [6.45, 7) is 2.01. The second-order valence-corrected chi connectivity index (χ2v) is 9.74. The summed E-state index contributed by atoms with van der Waals surface area (Å²) in [6.07, 6.45) is 3.74. The molecule has 0 unspecified atom stereocenters. The van der Waals surface area contributed by atoms with Crippen LogP contribution < -0.4 is 10.0 Å². The quantitative estimate of drug-likeness (QED) is 0.642. The smallest absolute Gasteiger partial charge is 0.258 e. The average molecular weight is 459 g/mol. The van der Waals surface area contributed by atoms with E-state index in [2.05, 4.69) is 10.0 Å². The van der Waals surface area contributed by atoms with Crippen molar-refractivity contribution in [3.05, 3.63) is 57.8 Å². The highest BCUT2D eigenvalue weighted by Gasteiger charge is 2.27. The Morgan fingerprint density at radius 2 is 1.79 bits per heavy atom. The van der Waals surface area contributed by atoms with Crippen molar-refractivity contribution in [2.75, 3.05) is 5.32 Å². The molecule has 1 amide bonds. The van der Waals surface area contributed by atoms with Crippen molar-refractivity contribution in [3.63, 3.8) is 0 Å². The van der Waals surface area contributed by atoms with Gasteiger partial charge in [-0.1, -0.05) is 43.0 Å². The van der Waals surface area contributed by atoms with Crippen LogP contribution in [0, 0.1) is 11.7 Å². The molecule has 1 aliphatic rings. The average Bonchev–Trinajstić information content (AvgIpc) is 2.66. The Bertz CT molecular complexity index is 1030. The molecule has 9 heteroatoms. The van der Waals surface area contributed by atoms with Crippen LogP contribution in [0.5, 0.6) is 0 Å². The minimum Gasteiger partial charge on any atom is -0.322 e. The molecule has 156 valence electrons. The van der Waals surface area contributed by atoms with Gasteiger partial charge in [0.05, 0.1) is 20.5 Å². The molecule has 1 saturated carbocycles. The zero-order valence-electron chi connectivity index (χ0n) is 15.7. The summed E-state index contributed by atoms with van der Waals surface area (Å²) in [7, 11) is -3.89. The number of hydrogen-bond acceptors (Lipinski definition) is 3. The molecule has 0 heterocycles. The molecular formula is C20H21Cl2FN2O3S. The third-order valence-corrected chi connectivity index (χ3v) is 7.31. The predicted molar refractivity (Wildman–Crippen MR) is 113 cm³/mol. The zero-order chi connectivity index (χ0) is 21.2. The van der Waals surface area contributed by atoms with E-state index < -0.39 is 21.7 Å². The second-order valence-electron chi connectivity index (χ2n) is 7.21. The third-order valence-electron chi connectivity index (χ3n) is 5.09. The Labute approximate surface area is 179 Å². The van der Waals surface area contributed by atoms with Crippen molar-refractivity contribution in [2.24, 2.45) is 5.92 Å². The van der Waals surface area contributed by atoms with E-state index in [0.717, 1.165) is 43.9 Å². The van der Waals surface area contributed by atoms with Crippen molar-refractivity contribution in [3.8, 4) is 0 Å². The molecule has 0 aromatic heterocycles. The lowest BCUT2D eigenvalue weighted by atomic mass is 9.87. The number of amides is 1. The van der Waals surface area contributed by atoms with Gasteiger partial charge >= 0.3 is 0 Å². The fraction of sp³-hybridized carbons (Fsp3) is 0.350. The number of carbonyl (C=O) groups excluding carboxylic acids is 1. The van der Waals surface area contributed by atoms with Crippen molar-refractivity contribution in [1.29, 1.82) is 0 Å². The molecule has 29 heavy (non-hydrogen) atoms. The third kappa shape index (κ3) is 5.28. The standard InChI is InChI=1S/C20H21Cl2FN2O3S/c1-12-4-2-3-5-19(12)25-29(27,28)14-7-9-18(23)15(11-14)20(26)24-13-6-8-16(21)17(22)10-13/h6-12,19,25H,2-5H2,1H3,(H,24,26)/t12-,19-/m0/s1. The van der Waals surface area contributed by atoms with Gasteiger partial charge in [-0.25, -0.2) is 17.5 Å². The molecule has 0 spiro atoms. The van der Waals surface area contributed by atoms with Crippen LogP contribution in [0.1, 0.15) is 43.0 Å². The topological polar surface area (TPSA) is 75.3 Å². The van der Waals surface area contributed by atoms with Gasteiger partial charge in [-0.05, 0) is 55.2 Å². The van der Waals surface area contributed by atoms with Crippen LogP contribution in [0.2, 0.25) is 10.0 Å². The van der Waals surface area contributed by atoms with Gasteiger partial charge in [0.1, 0.15) is 5.82 Å². The van der Waals surface area contributed by atoms with Gasteiger partial charge in [0.15, 0.2) is 0 Å². The number of nitrogens with one attached hydrogen (secondary N) is 2. The molecule has 0 radical (unpaired) electrons. The van der Waals surface area contributed by atoms with Gasteiger partial charge in [0.2, 0.25) is 10.0 Å². The molecule has 0 bridgehead atoms. The van der Waals surface area contributed by atoms with Crippen LogP contribution >= 0.6 is 23.2 Å². The number of hydrogen-bond donors (Lipinski definition) is 2. The molecule has 2 atom stereocenters. The van der Waals surface area contributed by atoms with Crippen LogP contribution in [0.3, 0.4) is 0 Å². The summed E-state index contributed by atoms with van der Waals surface area (Å²) in [6, 6.07) is 7.42.